The van der Waals surface area contributed by atoms with E-state index in [1.165, 1.54) is 6.08 Å². The molecule has 1 aromatic carbocycles. The van der Waals surface area contributed by atoms with Crippen molar-refractivity contribution in [3.05, 3.63) is 58.6 Å². The summed E-state index contributed by atoms with van der Waals surface area (Å²) in [6.07, 6.45) is 3.24. The van der Waals surface area contributed by atoms with Gasteiger partial charge < -0.3 is 16.4 Å². The van der Waals surface area contributed by atoms with Gasteiger partial charge in [0.05, 0.1) is 12.1 Å². The minimum atomic E-state index is -0.565. The highest BCUT2D eigenvalue weighted by Crippen LogP contribution is 2.22. The predicted molar refractivity (Wildman–Crippen MR) is 116 cm³/mol. The summed E-state index contributed by atoms with van der Waals surface area (Å²) in [5, 5.41) is 8.66. The summed E-state index contributed by atoms with van der Waals surface area (Å²) in [4.78, 5) is 33.9. The van der Waals surface area contributed by atoms with Crippen molar-refractivity contribution in [2.75, 3.05) is 5.32 Å². The van der Waals surface area contributed by atoms with E-state index in [9.17, 15) is 9.59 Å². The molecule has 0 aliphatic heterocycles. The van der Waals surface area contributed by atoms with Crippen LogP contribution in [0.1, 0.15) is 24.5 Å². The fourth-order valence-electron chi connectivity index (χ4n) is 2.80. The largest absolute Gasteiger partial charge is 0.368 e. The van der Waals surface area contributed by atoms with Crippen LogP contribution in [-0.2, 0) is 16.1 Å². The zero-order chi connectivity index (χ0) is 20.8. The van der Waals surface area contributed by atoms with Gasteiger partial charge in [0.1, 0.15) is 11.9 Å². The molecule has 0 aliphatic rings. The SMILES string of the molecule is CC(C)[C@H](Nc1nc(CNC(=O)C=Cc2cccs2)nc2ccccc12)C(N)=O. The van der Waals surface area contributed by atoms with Gasteiger partial charge in [0.2, 0.25) is 11.8 Å². The number of benzene rings is 1. The molecule has 29 heavy (non-hydrogen) atoms. The topological polar surface area (TPSA) is 110 Å². The number of thiophene rings is 1. The number of nitrogens with one attached hydrogen (secondary N) is 2. The molecular formula is C21H23N5O2S. The highest BCUT2D eigenvalue weighted by molar-refractivity contribution is 7.10. The molecule has 3 rings (SSSR count). The smallest absolute Gasteiger partial charge is 0.244 e. The van der Waals surface area contributed by atoms with Crippen molar-refractivity contribution >= 4 is 45.9 Å². The van der Waals surface area contributed by atoms with Gasteiger partial charge in [-0.25, -0.2) is 9.97 Å². The molecule has 0 radical (unpaired) electrons. The van der Waals surface area contributed by atoms with Crippen LogP contribution in [-0.4, -0.2) is 27.8 Å². The number of rotatable bonds is 8. The lowest BCUT2D eigenvalue weighted by molar-refractivity contribution is -0.119. The molecule has 0 saturated carbocycles. The number of para-hydroxylation sites is 1. The standard InChI is InChI=1S/C21H23N5O2S/c1-13(2)19(20(22)28)26-21-15-7-3-4-8-16(15)24-17(25-21)12-23-18(27)10-9-14-6-5-11-29-14/h3-11,13,19H,12H2,1-2H3,(H2,22,28)(H,23,27)(H,24,25,26)/t19-/m0/s1. The molecule has 150 valence electrons. The summed E-state index contributed by atoms with van der Waals surface area (Å²) in [5.74, 6) is 0.271. The molecule has 0 fully saturated rings. The molecule has 1 atom stereocenters. The van der Waals surface area contributed by atoms with Crippen LogP contribution in [0.3, 0.4) is 0 Å². The van der Waals surface area contributed by atoms with Crippen LogP contribution >= 0.6 is 11.3 Å². The average Bonchev–Trinajstić information content (AvgIpc) is 3.21. The van der Waals surface area contributed by atoms with E-state index in [0.29, 0.717) is 11.6 Å². The number of hydrogen-bond acceptors (Lipinski definition) is 6. The van der Waals surface area contributed by atoms with Crippen LogP contribution in [0.15, 0.2) is 47.9 Å². The lowest BCUT2D eigenvalue weighted by atomic mass is 10.0. The van der Waals surface area contributed by atoms with Crippen LogP contribution < -0.4 is 16.4 Å². The number of fused-ring (bicyclic) bond motifs is 1. The summed E-state index contributed by atoms with van der Waals surface area (Å²) < 4.78 is 0. The number of hydrogen-bond donors (Lipinski definition) is 3. The molecule has 3 aromatic rings. The maximum atomic E-state index is 12.1. The van der Waals surface area contributed by atoms with Gasteiger partial charge >= 0.3 is 0 Å². The molecule has 0 spiro atoms. The minimum Gasteiger partial charge on any atom is -0.368 e. The molecule has 0 bridgehead atoms. The van der Waals surface area contributed by atoms with Crippen LogP contribution in [0.4, 0.5) is 5.82 Å². The van der Waals surface area contributed by atoms with E-state index in [2.05, 4.69) is 20.6 Å². The number of carbonyl (C=O) groups is 2. The van der Waals surface area contributed by atoms with Crippen molar-refractivity contribution in [2.45, 2.75) is 26.4 Å². The fraction of sp³-hybridized carbons (Fsp3) is 0.238. The van der Waals surface area contributed by atoms with E-state index < -0.39 is 11.9 Å². The second-order valence-electron chi connectivity index (χ2n) is 6.84. The molecule has 2 amide bonds. The molecule has 2 heterocycles. The van der Waals surface area contributed by atoms with E-state index in [1.54, 1.807) is 17.4 Å². The maximum absolute atomic E-state index is 12.1. The Bertz CT molecular complexity index is 1030. The predicted octanol–water partition coefficient (Wildman–Crippen LogP) is 2.94. The van der Waals surface area contributed by atoms with Crippen molar-refractivity contribution in [1.29, 1.82) is 0 Å². The third-order valence-electron chi connectivity index (χ3n) is 4.28. The number of anilines is 1. The maximum Gasteiger partial charge on any atom is 0.244 e. The van der Waals surface area contributed by atoms with E-state index >= 15 is 0 Å². The summed E-state index contributed by atoms with van der Waals surface area (Å²) in [7, 11) is 0. The quantitative estimate of drug-likeness (QED) is 0.496. The number of amides is 2. The number of nitrogens with two attached hydrogens (primary N) is 1. The highest BCUT2D eigenvalue weighted by atomic mass is 32.1. The second-order valence-corrected chi connectivity index (χ2v) is 7.82. The van der Waals surface area contributed by atoms with Crippen molar-refractivity contribution in [1.82, 2.24) is 15.3 Å². The number of primary amides is 1. The summed E-state index contributed by atoms with van der Waals surface area (Å²) in [6, 6.07) is 10.8. The fourth-order valence-corrected chi connectivity index (χ4v) is 3.41. The van der Waals surface area contributed by atoms with Crippen LogP contribution in [0, 0.1) is 5.92 Å². The van der Waals surface area contributed by atoms with E-state index in [4.69, 9.17) is 5.73 Å². The Morgan fingerprint density at radius 1 is 1.17 bits per heavy atom. The van der Waals surface area contributed by atoms with Gasteiger partial charge in [0.15, 0.2) is 5.82 Å². The molecule has 7 nitrogen and oxygen atoms in total. The van der Waals surface area contributed by atoms with Crippen LogP contribution in [0.25, 0.3) is 17.0 Å². The minimum absolute atomic E-state index is 0.00762. The van der Waals surface area contributed by atoms with Gasteiger partial charge in [0, 0.05) is 16.3 Å². The molecular weight excluding hydrogens is 386 g/mol. The number of nitrogens with zero attached hydrogens (tertiary/aromatic N) is 2. The van der Waals surface area contributed by atoms with Crippen molar-refractivity contribution < 1.29 is 9.59 Å². The molecule has 0 saturated heterocycles. The van der Waals surface area contributed by atoms with Gasteiger partial charge in [-0.05, 0) is 35.6 Å². The molecule has 4 N–H and O–H groups in total. The first kappa shape index (κ1) is 20.5. The first-order chi connectivity index (χ1) is 13.9. The summed E-state index contributed by atoms with van der Waals surface area (Å²) >= 11 is 1.56. The average molecular weight is 410 g/mol. The second kappa shape index (κ2) is 9.29. The number of carbonyl (C=O) groups excluding carboxylic acids is 2. The first-order valence-corrected chi connectivity index (χ1v) is 10.1. The lowest BCUT2D eigenvalue weighted by Crippen LogP contribution is -2.40. The Balaban J connectivity index is 1.79. The Hall–Kier alpha value is -3.26. The van der Waals surface area contributed by atoms with Crippen molar-refractivity contribution in [3.8, 4) is 0 Å². The van der Waals surface area contributed by atoms with Crippen LogP contribution in [0.5, 0.6) is 0 Å². The normalized spacial score (nSPS) is 12.4. The van der Waals surface area contributed by atoms with E-state index in [1.807, 2.05) is 55.6 Å². The molecule has 0 aliphatic carbocycles. The van der Waals surface area contributed by atoms with Gasteiger partial charge in [-0.3, -0.25) is 9.59 Å². The Morgan fingerprint density at radius 2 is 1.97 bits per heavy atom. The highest BCUT2D eigenvalue weighted by Gasteiger charge is 2.21. The third-order valence-corrected chi connectivity index (χ3v) is 5.12. The van der Waals surface area contributed by atoms with Crippen molar-refractivity contribution in [3.63, 3.8) is 0 Å². The zero-order valence-corrected chi connectivity index (χ0v) is 17.1. The number of aromatic nitrogens is 2. The Kier molecular flexibility index (Phi) is 6.56. The van der Waals surface area contributed by atoms with Crippen molar-refractivity contribution in [2.24, 2.45) is 11.7 Å². The lowest BCUT2D eigenvalue weighted by Gasteiger charge is -2.21. The van der Waals surface area contributed by atoms with E-state index in [0.717, 1.165) is 15.8 Å². The Labute approximate surface area is 173 Å². The zero-order valence-electron chi connectivity index (χ0n) is 16.3. The third kappa shape index (κ3) is 5.39. The van der Waals surface area contributed by atoms with Gasteiger partial charge in [-0.2, -0.15) is 0 Å². The summed E-state index contributed by atoms with van der Waals surface area (Å²) in [5.41, 5.74) is 6.25. The molecule has 0 unspecified atom stereocenters. The summed E-state index contributed by atoms with van der Waals surface area (Å²) in [6.45, 7) is 3.98. The Morgan fingerprint density at radius 3 is 2.66 bits per heavy atom. The van der Waals surface area contributed by atoms with E-state index in [-0.39, 0.29) is 18.4 Å². The van der Waals surface area contributed by atoms with Gasteiger partial charge in [0.25, 0.3) is 0 Å². The molecule has 8 heteroatoms. The van der Waals surface area contributed by atoms with Crippen LogP contribution in [0.2, 0.25) is 0 Å². The monoisotopic (exact) mass is 409 g/mol. The first-order valence-electron chi connectivity index (χ1n) is 9.25. The molecule has 2 aromatic heterocycles. The van der Waals surface area contributed by atoms with Gasteiger partial charge in [-0.1, -0.05) is 32.0 Å². The van der Waals surface area contributed by atoms with Gasteiger partial charge in [-0.15, -0.1) is 11.3 Å².